The van der Waals surface area contributed by atoms with Crippen molar-refractivity contribution in [2.75, 3.05) is 0 Å². The topological polar surface area (TPSA) is 0 Å². The molecule has 0 spiro atoms. The molecule has 0 aromatic rings. The molecule has 0 heterocycles. The van der Waals surface area contributed by atoms with E-state index in [1.54, 1.807) is 6.42 Å². The van der Waals surface area contributed by atoms with Gasteiger partial charge >= 0.3 is 73.8 Å². The van der Waals surface area contributed by atoms with Crippen LogP contribution in [-0.4, -0.2) is 13.3 Å². The molecule has 1 saturated carbocycles. The molecule has 1 rings (SSSR count). The first-order valence-electron chi connectivity index (χ1n) is 5.02. The van der Waals surface area contributed by atoms with Crippen LogP contribution in [0.25, 0.3) is 0 Å². The first-order chi connectivity index (χ1) is 5.02. The van der Waals surface area contributed by atoms with Crippen molar-refractivity contribution in [1.29, 1.82) is 0 Å². The molecule has 1 fully saturated rings. The molecule has 0 saturated heterocycles. The third kappa shape index (κ3) is 2.50. The van der Waals surface area contributed by atoms with Gasteiger partial charge in [-0.2, -0.15) is 0 Å². The average molecular weight is 215 g/mol. The van der Waals surface area contributed by atoms with Crippen molar-refractivity contribution in [3.8, 4) is 0 Å². The van der Waals surface area contributed by atoms with Crippen LogP contribution < -0.4 is 0 Å². The molecule has 1 heteroatoms. The Bertz CT molecular complexity index is 123. The van der Waals surface area contributed by atoms with Crippen LogP contribution in [0.3, 0.4) is 0 Å². The van der Waals surface area contributed by atoms with Gasteiger partial charge in [-0.1, -0.05) is 0 Å². The van der Waals surface area contributed by atoms with E-state index >= 15 is 0 Å². The third-order valence-corrected chi connectivity index (χ3v) is 9.69. The quantitative estimate of drug-likeness (QED) is 0.581. The Balaban J connectivity index is 2.55. The normalized spacial score (nSPS) is 33.8. The zero-order valence-corrected chi connectivity index (χ0v) is 10.6. The molecule has 0 nitrogen and oxygen atoms in total. The predicted molar refractivity (Wildman–Crippen MR) is 54.7 cm³/mol. The molecule has 0 aliphatic heterocycles. The van der Waals surface area contributed by atoms with Crippen molar-refractivity contribution < 1.29 is 0 Å². The van der Waals surface area contributed by atoms with Crippen molar-refractivity contribution >= 4 is 13.3 Å². The van der Waals surface area contributed by atoms with E-state index in [1.807, 2.05) is 0 Å². The first-order valence-corrected chi connectivity index (χ1v) is 12.5. The summed E-state index contributed by atoms with van der Waals surface area (Å²) in [5.41, 5.74) is 0. The van der Waals surface area contributed by atoms with Gasteiger partial charge in [0.15, 0.2) is 0 Å². The molecule has 1 aliphatic carbocycles. The van der Waals surface area contributed by atoms with Crippen molar-refractivity contribution in [2.45, 2.75) is 54.6 Å². The maximum atomic E-state index is 2.58. The second kappa shape index (κ2) is 3.51. The Kier molecular flexibility index (Phi) is 3.07. The zero-order valence-electron chi connectivity index (χ0n) is 8.48. The van der Waals surface area contributed by atoms with E-state index in [4.69, 9.17) is 0 Å². The summed E-state index contributed by atoms with van der Waals surface area (Å²) < 4.78 is 1.16. The number of rotatable bonds is 1. The van der Waals surface area contributed by atoms with Gasteiger partial charge in [0, 0.05) is 0 Å². The Morgan fingerprint density at radius 2 is 1.55 bits per heavy atom. The van der Waals surface area contributed by atoms with Gasteiger partial charge in [-0.3, -0.25) is 0 Å². The summed E-state index contributed by atoms with van der Waals surface area (Å²) >= 11 is -1.30. The fourth-order valence-corrected chi connectivity index (χ4v) is 8.78. The molecule has 2 atom stereocenters. The second-order valence-corrected chi connectivity index (χ2v) is 16.7. The Hall–Kier alpha value is 0.543. The van der Waals surface area contributed by atoms with Crippen LogP contribution in [-0.2, 0) is 0 Å². The molecule has 0 aromatic carbocycles. The van der Waals surface area contributed by atoms with Crippen LogP contribution in [0.2, 0.25) is 22.0 Å². The second-order valence-electron chi connectivity index (χ2n) is 5.23. The Morgan fingerprint density at radius 1 is 1.00 bits per heavy atom. The predicted octanol–water partition coefficient (Wildman–Crippen LogP) is 3.90. The summed E-state index contributed by atoms with van der Waals surface area (Å²) in [5.74, 6) is 8.77. The number of hydrogen-bond donors (Lipinski definition) is 0. The summed E-state index contributed by atoms with van der Waals surface area (Å²) in [4.78, 5) is 0. The van der Waals surface area contributed by atoms with Gasteiger partial charge < -0.3 is 0 Å². The van der Waals surface area contributed by atoms with E-state index in [-0.39, 0.29) is 0 Å². The van der Waals surface area contributed by atoms with Crippen molar-refractivity contribution in [3.63, 3.8) is 0 Å². The summed E-state index contributed by atoms with van der Waals surface area (Å²) in [5, 5.41) is 0. The summed E-state index contributed by atoms with van der Waals surface area (Å²) in [7, 11) is 0. The fraction of sp³-hybridized carbons (Fsp3) is 1.00. The molecule has 0 radical (unpaired) electrons. The molecule has 0 amide bonds. The van der Waals surface area contributed by atoms with Crippen LogP contribution in [0.4, 0.5) is 0 Å². The molecule has 11 heavy (non-hydrogen) atoms. The van der Waals surface area contributed by atoms with Crippen LogP contribution >= 0.6 is 0 Å². The summed E-state index contributed by atoms with van der Waals surface area (Å²) in [6.07, 6.45) is 6.06. The standard InChI is InChI=1S/C10H22Ge/c1-9-7-5-6-8-10(9)11(2,3)4/h9-10H,5-8H2,1-4H3. The average Bonchev–Trinajstić information content (AvgIpc) is 1.86. The third-order valence-electron chi connectivity index (χ3n) is 3.22. The number of hydrogen-bond acceptors (Lipinski definition) is 0. The maximum absolute atomic E-state index is 2.58. The van der Waals surface area contributed by atoms with E-state index in [0.29, 0.717) is 0 Å². The fourth-order valence-electron chi connectivity index (χ4n) is 2.60. The van der Waals surface area contributed by atoms with Gasteiger partial charge in [0.1, 0.15) is 0 Å². The van der Waals surface area contributed by atoms with Crippen molar-refractivity contribution in [3.05, 3.63) is 0 Å². The molecule has 1 aliphatic rings. The van der Waals surface area contributed by atoms with Gasteiger partial charge in [0.2, 0.25) is 0 Å². The Labute approximate surface area is 74.1 Å². The van der Waals surface area contributed by atoms with Crippen molar-refractivity contribution in [2.24, 2.45) is 5.92 Å². The molecule has 2 unspecified atom stereocenters. The van der Waals surface area contributed by atoms with E-state index in [1.165, 1.54) is 19.3 Å². The SMILES string of the molecule is CC1CCCC[CH]1[Ge]([CH3])([CH3])[CH3]. The minimum atomic E-state index is -1.30. The summed E-state index contributed by atoms with van der Waals surface area (Å²) in [6, 6.07) is 0. The molecule has 0 aromatic heterocycles. The molecule has 0 N–H and O–H groups in total. The first kappa shape index (κ1) is 9.63. The molecular formula is C10H22Ge. The van der Waals surface area contributed by atoms with Gasteiger partial charge in [-0.25, -0.2) is 0 Å². The van der Waals surface area contributed by atoms with E-state index < -0.39 is 13.3 Å². The van der Waals surface area contributed by atoms with Gasteiger partial charge in [-0.15, -0.1) is 0 Å². The van der Waals surface area contributed by atoms with Gasteiger partial charge in [-0.05, 0) is 0 Å². The Morgan fingerprint density at radius 3 is 1.91 bits per heavy atom. The van der Waals surface area contributed by atoms with Crippen molar-refractivity contribution in [1.82, 2.24) is 0 Å². The zero-order chi connectivity index (χ0) is 8.48. The van der Waals surface area contributed by atoms with Crippen LogP contribution in [0.5, 0.6) is 0 Å². The van der Waals surface area contributed by atoms with Crippen LogP contribution in [0, 0.1) is 5.92 Å². The molecule has 0 bridgehead atoms. The minimum absolute atomic E-state index is 1.05. The monoisotopic (exact) mass is 216 g/mol. The van der Waals surface area contributed by atoms with Gasteiger partial charge in [0.05, 0.1) is 0 Å². The summed E-state index contributed by atoms with van der Waals surface area (Å²) in [6.45, 7) is 2.47. The van der Waals surface area contributed by atoms with Gasteiger partial charge in [0.25, 0.3) is 0 Å². The van der Waals surface area contributed by atoms with Crippen LogP contribution in [0.1, 0.15) is 32.6 Å². The van der Waals surface area contributed by atoms with E-state index in [0.717, 1.165) is 10.7 Å². The van der Waals surface area contributed by atoms with E-state index in [2.05, 4.69) is 24.2 Å². The van der Waals surface area contributed by atoms with Crippen LogP contribution in [0.15, 0.2) is 0 Å². The van der Waals surface area contributed by atoms with E-state index in [9.17, 15) is 0 Å². The molecule has 66 valence electrons. The molecular weight excluding hydrogens is 193 g/mol.